The number of hydrogen-bond acceptors (Lipinski definition) is 2. The summed E-state index contributed by atoms with van der Waals surface area (Å²) in [6.45, 7) is 0. The Balaban J connectivity index is 2.86. The molecule has 0 aromatic carbocycles. The number of H-pyrrole nitrogens is 1. The van der Waals surface area contributed by atoms with Gasteiger partial charge in [-0.25, -0.2) is 0 Å². The van der Waals surface area contributed by atoms with Gasteiger partial charge in [0.2, 0.25) is 0 Å². The second-order valence-electron chi connectivity index (χ2n) is 2.30. The molecule has 0 aliphatic carbocycles. The molecule has 0 bridgehead atoms. The van der Waals surface area contributed by atoms with Crippen LogP contribution in [0.15, 0.2) is 18.5 Å². The molecule has 0 spiro atoms. The van der Waals surface area contributed by atoms with Crippen LogP contribution >= 0.6 is 11.6 Å². The number of nitrogen functional groups attached to an aromatic ring is 1. The summed E-state index contributed by atoms with van der Waals surface area (Å²) in [6.07, 6.45) is 3.28. The highest BCUT2D eigenvalue weighted by Crippen LogP contribution is 2.21. The Morgan fingerprint density at radius 3 is 3.18 bits per heavy atom. The zero-order valence-corrected chi connectivity index (χ0v) is 6.39. The van der Waals surface area contributed by atoms with Crippen LogP contribution in [0.5, 0.6) is 0 Å². The molecule has 56 valence electrons. The Morgan fingerprint density at radius 2 is 2.36 bits per heavy atom. The predicted molar refractivity (Wildman–Crippen MR) is 45.5 cm³/mol. The Morgan fingerprint density at radius 1 is 1.55 bits per heavy atom. The first-order valence-corrected chi connectivity index (χ1v) is 3.53. The molecule has 0 unspecified atom stereocenters. The highest BCUT2D eigenvalue weighted by atomic mass is 35.5. The van der Waals surface area contributed by atoms with Gasteiger partial charge in [-0.15, -0.1) is 0 Å². The maximum Gasteiger partial charge on any atom is 0.107 e. The minimum Gasteiger partial charge on any atom is -0.397 e. The standard InChI is InChI=1S/C7H6ClN3/c8-5-3-10-6-1-4(9)2-11-7(5)6/h1-3,10H,9H2. The Hall–Kier alpha value is -1.22. The molecule has 2 rings (SSSR count). The number of fused-ring (bicyclic) bond motifs is 1. The number of nitrogens with one attached hydrogen (secondary N) is 1. The molecule has 0 saturated heterocycles. The third-order valence-corrected chi connectivity index (χ3v) is 1.78. The summed E-state index contributed by atoms with van der Waals surface area (Å²) < 4.78 is 0. The summed E-state index contributed by atoms with van der Waals surface area (Å²) >= 11 is 5.79. The van der Waals surface area contributed by atoms with Crippen LogP contribution in [-0.2, 0) is 0 Å². The molecular weight excluding hydrogens is 162 g/mol. The van der Waals surface area contributed by atoms with Crippen LogP contribution in [-0.4, -0.2) is 9.97 Å². The summed E-state index contributed by atoms with van der Waals surface area (Å²) in [5, 5.41) is 0.625. The molecule has 3 nitrogen and oxygen atoms in total. The molecule has 2 heterocycles. The smallest absolute Gasteiger partial charge is 0.107 e. The Bertz CT molecular complexity index is 393. The summed E-state index contributed by atoms with van der Waals surface area (Å²) in [5.74, 6) is 0. The van der Waals surface area contributed by atoms with E-state index >= 15 is 0 Å². The topological polar surface area (TPSA) is 54.7 Å². The van der Waals surface area contributed by atoms with Gasteiger partial charge in [0.15, 0.2) is 0 Å². The molecule has 0 fully saturated rings. The van der Waals surface area contributed by atoms with Crippen molar-refractivity contribution in [2.75, 3.05) is 5.73 Å². The van der Waals surface area contributed by atoms with Gasteiger partial charge in [0.1, 0.15) is 5.52 Å². The highest BCUT2D eigenvalue weighted by molar-refractivity contribution is 6.35. The number of aromatic nitrogens is 2. The number of halogens is 1. The van der Waals surface area contributed by atoms with Crippen LogP contribution in [0.2, 0.25) is 5.02 Å². The molecular formula is C7H6ClN3. The number of nitrogens with zero attached hydrogens (tertiary/aromatic N) is 1. The molecule has 2 aromatic rings. The van der Waals surface area contributed by atoms with E-state index in [1.165, 1.54) is 0 Å². The number of nitrogens with two attached hydrogens (primary N) is 1. The fraction of sp³-hybridized carbons (Fsp3) is 0. The SMILES string of the molecule is Nc1cnc2c(Cl)c[nH]c2c1. The summed E-state index contributed by atoms with van der Waals surface area (Å²) in [7, 11) is 0. The molecule has 11 heavy (non-hydrogen) atoms. The van der Waals surface area contributed by atoms with Crippen LogP contribution in [0.1, 0.15) is 0 Å². The lowest BCUT2D eigenvalue weighted by molar-refractivity contribution is 1.41. The predicted octanol–water partition coefficient (Wildman–Crippen LogP) is 1.80. The zero-order valence-electron chi connectivity index (χ0n) is 5.63. The van der Waals surface area contributed by atoms with Gasteiger partial charge in [-0.1, -0.05) is 11.6 Å². The van der Waals surface area contributed by atoms with Crippen molar-refractivity contribution in [1.82, 2.24) is 9.97 Å². The van der Waals surface area contributed by atoms with E-state index in [0.29, 0.717) is 10.7 Å². The highest BCUT2D eigenvalue weighted by Gasteiger charge is 2.00. The van der Waals surface area contributed by atoms with E-state index in [0.717, 1.165) is 11.0 Å². The average molecular weight is 168 g/mol. The molecule has 0 saturated carbocycles. The van der Waals surface area contributed by atoms with Crippen molar-refractivity contribution >= 4 is 28.3 Å². The number of pyridine rings is 1. The van der Waals surface area contributed by atoms with Crippen LogP contribution in [0.4, 0.5) is 5.69 Å². The van der Waals surface area contributed by atoms with Gasteiger partial charge < -0.3 is 10.7 Å². The van der Waals surface area contributed by atoms with Gasteiger partial charge in [0.25, 0.3) is 0 Å². The maximum atomic E-state index is 5.79. The van der Waals surface area contributed by atoms with Crippen molar-refractivity contribution in [2.24, 2.45) is 0 Å². The van der Waals surface area contributed by atoms with Crippen LogP contribution in [0.3, 0.4) is 0 Å². The molecule has 0 radical (unpaired) electrons. The number of rotatable bonds is 0. The summed E-state index contributed by atoms with van der Waals surface area (Å²) in [4.78, 5) is 7.01. The fourth-order valence-electron chi connectivity index (χ4n) is 0.991. The van der Waals surface area contributed by atoms with E-state index in [2.05, 4.69) is 9.97 Å². The number of hydrogen-bond donors (Lipinski definition) is 2. The first-order valence-electron chi connectivity index (χ1n) is 3.15. The number of aromatic amines is 1. The van der Waals surface area contributed by atoms with Crippen LogP contribution in [0.25, 0.3) is 11.0 Å². The lowest BCUT2D eigenvalue weighted by Crippen LogP contribution is -1.85. The van der Waals surface area contributed by atoms with E-state index in [9.17, 15) is 0 Å². The number of anilines is 1. The van der Waals surface area contributed by atoms with Crippen LogP contribution < -0.4 is 5.73 Å². The Labute approximate surface area is 68.2 Å². The van der Waals surface area contributed by atoms with Crippen molar-refractivity contribution in [3.05, 3.63) is 23.5 Å². The van der Waals surface area contributed by atoms with E-state index in [1.807, 2.05) is 0 Å². The van der Waals surface area contributed by atoms with Gasteiger partial charge in [-0.3, -0.25) is 4.98 Å². The van der Waals surface area contributed by atoms with Gasteiger partial charge >= 0.3 is 0 Å². The molecule has 2 aromatic heterocycles. The third kappa shape index (κ3) is 0.935. The molecule has 0 aliphatic rings. The van der Waals surface area contributed by atoms with E-state index in [-0.39, 0.29) is 0 Å². The minimum absolute atomic E-state index is 0.625. The lowest BCUT2D eigenvalue weighted by atomic mass is 10.3. The largest absolute Gasteiger partial charge is 0.397 e. The first kappa shape index (κ1) is 6.49. The summed E-state index contributed by atoms with van der Waals surface area (Å²) in [6, 6.07) is 1.80. The van der Waals surface area contributed by atoms with Crippen molar-refractivity contribution in [3.8, 4) is 0 Å². The van der Waals surface area contributed by atoms with Crippen molar-refractivity contribution < 1.29 is 0 Å². The van der Waals surface area contributed by atoms with E-state index in [1.54, 1.807) is 18.5 Å². The van der Waals surface area contributed by atoms with E-state index < -0.39 is 0 Å². The lowest BCUT2D eigenvalue weighted by Gasteiger charge is -1.91. The van der Waals surface area contributed by atoms with Crippen molar-refractivity contribution in [3.63, 3.8) is 0 Å². The fourth-order valence-corrected chi connectivity index (χ4v) is 1.20. The third-order valence-electron chi connectivity index (χ3n) is 1.49. The quantitative estimate of drug-likeness (QED) is 0.629. The second kappa shape index (κ2) is 2.13. The molecule has 4 heteroatoms. The molecule has 0 aliphatic heterocycles. The normalized spacial score (nSPS) is 10.6. The van der Waals surface area contributed by atoms with Crippen molar-refractivity contribution in [1.29, 1.82) is 0 Å². The summed E-state index contributed by atoms with van der Waals surface area (Å²) in [5.41, 5.74) is 7.78. The Kier molecular flexibility index (Phi) is 1.26. The second-order valence-corrected chi connectivity index (χ2v) is 2.71. The minimum atomic E-state index is 0.625. The van der Waals surface area contributed by atoms with Crippen LogP contribution in [0, 0.1) is 0 Å². The molecule has 0 atom stereocenters. The van der Waals surface area contributed by atoms with Gasteiger partial charge in [-0.2, -0.15) is 0 Å². The monoisotopic (exact) mass is 167 g/mol. The first-order chi connectivity index (χ1) is 5.27. The molecule has 3 N–H and O–H groups in total. The van der Waals surface area contributed by atoms with Gasteiger partial charge in [-0.05, 0) is 6.07 Å². The van der Waals surface area contributed by atoms with E-state index in [4.69, 9.17) is 17.3 Å². The maximum absolute atomic E-state index is 5.79. The van der Waals surface area contributed by atoms with Crippen molar-refractivity contribution in [2.45, 2.75) is 0 Å². The van der Waals surface area contributed by atoms with Gasteiger partial charge in [0, 0.05) is 6.20 Å². The average Bonchev–Trinajstić information content (AvgIpc) is 2.32. The molecule has 0 amide bonds. The van der Waals surface area contributed by atoms with Gasteiger partial charge in [0.05, 0.1) is 22.4 Å². The zero-order chi connectivity index (χ0) is 7.84.